The summed E-state index contributed by atoms with van der Waals surface area (Å²) in [5.41, 5.74) is 0.0323. The molecule has 0 aliphatic rings. The maximum absolute atomic E-state index is 11.3. The number of para-hydroxylation sites is 1. The second-order valence-corrected chi connectivity index (χ2v) is 6.37. The first-order valence-corrected chi connectivity index (χ1v) is 8.29. The molecule has 0 saturated carbocycles. The monoisotopic (exact) mass is 334 g/mol. The molecule has 0 fully saturated rings. The van der Waals surface area contributed by atoms with Gasteiger partial charge in [-0.3, -0.25) is 4.79 Å². The van der Waals surface area contributed by atoms with Crippen LogP contribution in [0.4, 0.5) is 0 Å². The fraction of sp³-hybridized carbons (Fsp3) is 0.353. The molecule has 0 aliphatic carbocycles. The number of rotatable bonds is 8. The normalized spacial score (nSPS) is 13.3. The number of likely N-dealkylation sites (N-methyl/N-ethyl adjacent to an activating group) is 1. The van der Waals surface area contributed by atoms with Gasteiger partial charge in [-0.25, -0.2) is 0 Å². The number of nitrogens with one attached hydrogen (secondary N) is 2. The summed E-state index contributed by atoms with van der Waals surface area (Å²) in [5.74, 6) is 0.493. The predicted molar refractivity (Wildman–Crippen MR) is 91.6 cm³/mol. The van der Waals surface area contributed by atoms with Gasteiger partial charge in [0.2, 0.25) is 0 Å². The summed E-state index contributed by atoms with van der Waals surface area (Å²) in [4.78, 5) is 12.2. The van der Waals surface area contributed by atoms with Gasteiger partial charge < -0.3 is 20.5 Å². The third-order valence-electron chi connectivity index (χ3n) is 3.45. The van der Waals surface area contributed by atoms with Gasteiger partial charge >= 0.3 is 0 Å². The Morgan fingerprint density at radius 3 is 2.78 bits per heavy atom. The van der Waals surface area contributed by atoms with E-state index in [1.165, 1.54) is 11.3 Å². The summed E-state index contributed by atoms with van der Waals surface area (Å²) >= 11 is 1.53. The third-order valence-corrected chi connectivity index (χ3v) is 4.57. The minimum Gasteiger partial charge on any atom is -0.483 e. The highest BCUT2D eigenvalue weighted by Gasteiger charge is 2.23. The first-order valence-electron chi connectivity index (χ1n) is 7.41. The van der Waals surface area contributed by atoms with Crippen molar-refractivity contribution >= 4 is 17.2 Å². The highest BCUT2D eigenvalue weighted by Crippen LogP contribution is 2.25. The van der Waals surface area contributed by atoms with Gasteiger partial charge in [-0.1, -0.05) is 24.3 Å². The van der Waals surface area contributed by atoms with E-state index in [0.717, 1.165) is 10.4 Å². The Labute approximate surface area is 140 Å². The van der Waals surface area contributed by atoms with E-state index in [4.69, 9.17) is 4.74 Å². The summed E-state index contributed by atoms with van der Waals surface area (Å²) in [6.45, 7) is 2.75. The van der Waals surface area contributed by atoms with Crippen LogP contribution in [-0.4, -0.2) is 31.2 Å². The summed E-state index contributed by atoms with van der Waals surface area (Å²) in [6.07, 6.45) is 0. The van der Waals surface area contributed by atoms with E-state index in [0.29, 0.717) is 18.8 Å². The van der Waals surface area contributed by atoms with Gasteiger partial charge in [-0.05, 0) is 24.4 Å². The van der Waals surface area contributed by atoms with Gasteiger partial charge in [0, 0.05) is 30.6 Å². The average molecular weight is 334 g/mol. The lowest BCUT2D eigenvalue weighted by atomic mass is 10.1. The number of benzene rings is 1. The van der Waals surface area contributed by atoms with Crippen LogP contribution in [0.1, 0.15) is 17.4 Å². The maximum Gasteiger partial charge on any atom is 0.257 e. The average Bonchev–Trinajstić information content (AvgIpc) is 3.09. The molecule has 23 heavy (non-hydrogen) atoms. The van der Waals surface area contributed by atoms with Gasteiger partial charge in [0.05, 0.1) is 0 Å². The molecule has 1 aromatic heterocycles. The number of thiophene rings is 1. The van der Waals surface area contributed by atoms with Crippen LogP contribution in [0.5, 0.6) is 5.75 Å². The quantitative estimate of drug-likeness (QED) is 0.689. The van der Waals surface area contributed by atoms with Crippen molar-refractivity contribution in [3.8, 4) is 5.75 Å². The minimum atomic E-state index is -0.911. The molecule has 0 spiro atoms. The van der Waals surface area contributed by atoms with Crippen LogP contribution in [-0.2, 0) is 16.9 Å². The molecular formula is C17H22N2O3S. The van der Waals surface area contributed by atoms with Gasteiger partial charge in [-0.15, -0.1) is 11.3 Å². The number of aliphatic hydroxyl groups is 1. The smallest absolute Gasteiger partial charge is 0.257 e. The second kappa shape index (κ2) is 8.10. The van der Waals surface area contributed by atoms with Crippen molar-refractivity contribution in [1.82, 2.24) is 10.6 Å². The molecule has 2 aromatic rings. The van der Waals surface area contributed by atoms with Crippen LogP contribution in [0.25, 0.3) is 0 Å². The molecule has 124 valence electrons. The van der Waals surface area contributed by atoms with E-state index in [2.05, 4.69) is 10.6 Å². The zero-order valence-electron chi connectivity index (χ0n) is 13.3. The number of hydrogen-bond acceptors (Lipinski definition) is 5. The van der Waals surface area contributed by atoms with Crippen molar-refractivity contribution in [1.29, 1.82) is 0 Å². The number of amides is 1. The van der Waals surface area contributed by atoms with Crippen LogP contribution in [0, 0.1) is 0 Å². The molecule has 1 aromatic carbocycles. The topological polar surface area (TPSA) is 70.6 Å². The van der Waals surface area contributed by atoms with Gasteiger partial charge in [0.25, 0.3) is 5.91 Å². The molecule has 5 nitrogen and oxygen atoms in total. The summed E-state index contributed by atoms with van der Waals surface area (Å²) in [6, 6.07) is 11.4. The van der Waals surface area contributed by atoms with Crippen molar-refractivity contribution in [2.24, 2.45) is 0 Å². The molecule has 3 N–H and O–H groups in total. The summed E-state index contributed by atoms with van der Waals surface area (Å²) < 4.78 is 5.53. The maximum atomic E-state index is 11.3. The summed E-state index contributed by atoms with van der Waals surface area (Å²) in [5, 5.41) is 18.2. The SMILES string of the molecule is CNC(=O)COc1ccccc1CNCC(C)(O)c1cccs1. The molecule has 1 amide bonds. The van der Waals surface area contributed by atoms with E-state index in [9.17, 15) is 9.90 Å². The number of hydrogen-bond donors (Lipinski definition) is 3. The Hall–Kier alpha value is -1.89. The van der Waals surface area contributed by atoms with Crippen LogP contribution in [0.3, 0.4) is 0 Å². The number of carbonyl (C=O) groups is 1. The Balaban J connectivity index is 1.91. The van der Waals surface area contributed by atoms with Gasteiger partial charge in [-0.2, -0.15) is 0 Å². The van der Waals surface area contributed by atoms with Crippen molar-refractivity contribution in [2.75, 3.05) is 20.2 Å². The molecule has 2 rings (SSSR count). The lowest BCUT2D eigenvalue weighted by molar-refractivity contribution is -0.122. The second-order valence-electron chi connectivity index (χ2n) is 5.42. The van der Waals surface area contributed by atoms with Gasteiger partial charge in [0.15, 0.2) is 6.61 Å². The van der Waals surface area contributed by atoms with Gasteiger partial charge in [0.1, 0.15) is 11.4 Å². The highest BCUT2D eigenvalue weighted by atomic mass is 32.1. The lowest BCUT2D eigenvalue weighted by Gasteiger charge is -2.22. The first kappa shape index (κ1) is 17.5. The third kappa shape index (κ3) is 5.06. The molecular weight excluding hydrogens is 312 g/mol. The van der Waals surface area contributed by atoms with Crippen molar-refractivity contribution in [2.45, 2.75) is 19.1 Å². The summed E-state index contributed by atoms with van der Waals surface area (Å²) in [7, 11) is 1.58. The standard InChI is InChI=1S/C17H22N2O3S/c1-17(21,15-8-5-9-23-15)12-19-10-13-6-3-4-7-14(13)22-11-16(20)18-2/h3-9,19,21H,10-12H2,1-2H3,(H,18,20). The Bertz CT molecular complexity index is 627. The van der Waals surface area contributed by atoms with E-state index < -0.39 is 5.60 Å². The van der Waals surface area contributed by atoms with E-state index in [1.807, 2.05) is 41.8 Å². The fourth-order valence-electron chi connectivity index (χ4n) is 2.12. The minimum absolute atomic E-state index is 0.0135. The molecule has 0 saturated heterocycles. The van der Waals surface area contributed by atoms with Crippen LogP contribution < -0.4 is 15.4 Å². The number of ether oxygens (including phenoxy) is 1. The Morgan fingerprint density at radius 2 is 2.09 bits per heavy atom. The molecule has 1 heterocycles. The zero-order chi connectivity index (χ0) is 16.7. The van der Waals surface area contributed by atoms with Crippen LogP contribution >= 0.6 is 11.3 Å². The van der Waals surface area contributed by atoms with Crippen LogP contribution in [0.2, 0.25) is 0 Å². The zero-order valence-corrected chi connectivity index (χ0v) is 14.2. The molecule has 0 bridgehead atoms. The van der Waals surface area contributed by atoms with E-state index in [1.54, 1.807) is 14.0 Å². The Morgan fingerprint density at radius 1 is 1.30 bits per heavy atom. The fourth-order valence-corrected chi connectivity index (χ4v) is 2.91. The molecule has 0 radical (unpaired) electrons. The van der Waals surface area contributed by atoms with E-state index in [-0.39, 0.29) is 12.5 Å². The Kier molecular flexibility index (Phi) is 6.15. The molecule has 1 unspecified atom stereocenters. The van der Waals surface area contributed by atoms with E-state index >= 15 is 0 Å². The lowest BCUT2D eigenvalue weighted by Crippen LogP contribution is -2.34. The molecule has 6 heteroatoms. The van der Waals surface area contributed by atoms with Crippen molar-refractivity contribution in [3.05, 3.63) is 52.2 Å². The number of carbonyl (C=O) groups excluding carboxylic acids is 1. The first-order chi connectivity index (χ1) is 11.0. The highest BCUT2D eigenvalue weighted by molar-refractivity contribution is 7.10. The largest absolute Gasteiger partial charge is 0.483 e. The predicted octanol–water partition coefficient (Wildman–Crippen LogP) is 1.87. The molecule has 1 atom stereocenters. The van der Waals surface area contributed by atoms with Crippen molar-refractivity contribution in [3.63, 3.8) is 0 Å². The van der Waals surface area contributed by atoms with Crippen molar-refractivity contribution < 1.29 is 14.6 Å². The molecule has 0 aliphatic heterocycles. The van der Waals surface area contributed by atoms with Crippen LogP contribution in [0.15, 0.2) is 41.8 Å².